The van der Waals surface area contributed by atoms with Gasteiger partial charge in [-0.05, 0) is 37.8 Å². The van der Waals surface area contributed by atoms with Gasteiger partial charge in [-0.2, -0.15) is 4.99 Å². The molecule has 2 aliphatic heterocycles. The van der Waals surface area contributed by atoms with E-state index in [1.54, 1.807) is 4.90 Å². The summed E-state index contributed by atoms with van der Waals surface area (Å²) in [7, 11) is 0. The van der Waals surface area contributed by atoms with E-state index in [0.29, 0.717) is 18.1 Å². The number of benzene rings is 1. The van der Waals surface area contributed by atoms with E-state index in [1.165, 1.54) is 0 Å². The molecule has 0 radical (unpaired) electrons. The molecular weight excluding hydrogens is 344 g/mol. The lowest BCUT2D eigenvalue weighted by molar-refractivity contribution is 0.0897. The summed E-state index contributed by atoms with van der Waals surface area (Å²) in [4.78, 5) is 31.3. The van der Waals surface area contributed by atoms with E-state index >= 15 is 0 Å². The molecule has 2 heterocycles. The van der Waals surface area contributed by atoms with Gasteiger partial charge in [0, 0.05) is 24.3 Å². The number of aliphatic imine (C=N–C) groups is 1. The van der Waals surface area contributed by atoms with Crippen LogP contribution in [0.2, 0.25) is 0 Å². The third-order valence-electron chi connectivity index (χ3n) is 5.58. The summed E-state index contributed by atoms with van der Waals surface area (Å²) in [5.74, 6) is 0.673. The van der Waals surface area contributed by atoms with Crippen LogP contribution in [0.1, 0.15) is 38.5 Å². The Labute approximate surface area is 159 Å². The standard InChI is InChI=1S/C20H26N4O3/c25-19(21-14-7-2-1-3-8-14)23-18-16-10-4-5-11-17(16)22-20(26)24(18)13-15-9-6-12-27-15/h1-3,7-8,15-17H,4-6,9-13H2,(H,21,25)(H,22,26)/b23-18+. The van der Waals surface area contributed by atoms with Crippen LogP contribution in [0, 0.1) is 5.92 Å². The number of hydrogen-bond donors (Lipinski definition) is 2. The highest BCUT2D eigenvalue weighted by molar-refractivity contribution is 6.08. The Balaban J connectivity index is 1.57. The molecule has 7 nitrogen and oxygen atoms in total. The van der Waals surface area contributed by atoms with Gasteiger partial charge in [-0.3, -0.25) is 4.90 Å². The van der Waals surface area contributed by atoms with Gasteiger partial charge in [0.1, 0.15) is 5.84 Å². The number of rotatable bonds is 3. The highest BCUT2D eigenvalue weighted by Gasteiger charge is 2.41. The number of nitrogens with one attached hydrogen (secondary N) is 2. The molecule has 1 aliphatic carbocycles. The third kappa shape index (κ3) is 4.13. The lowest BCUT2D eigenvalue weighted by Gasteiger charge is -2.43. The fraction of sp³-hybridized carbons (Fsp3) is 0.550. The number of urea groups is 2. The van der Waals surface area contributed by atoms with Crippen LogP contribution in [0.5, 0.6) is 0 Å². The van der Waals surface area contributed by atoms with E-state index in [4.69, 9.17) is 4.74 Å². The summed E-state index contributed by atoms with van der Waals surface area (Å²) in [5.41, 5.74) is 0.693. The normalized spacial score (nSPS) is 29.3. The summed E-state index contributed by atoms with van der Waals surface area (Å²) in [5, 5.41) is 5.91. The number of ether oxygens (including phenoxy) is 1. The molecule has 4 amide bonds. The maximum atomic E-state index is 12.7. The quantitative estimate of drug-likeness (QED) is 0.856. The molecule has 3 atom stereocenters. The van der Waals surface area contributed by atoms with Gasteiger partial charge in [0.15, 0.2) is 0 Å². The van der Waals surface area contributed by atoms with Crippen molar-refractivity contribution in [1.82, 2.24) is 10.2 Å². The molecule has 1 aromatic rings. The van der Waals surface area contributed by atoms with Crippen molar-refractivity contribution < 1.29 is 14.3 Å². The summed E-state index contributed by atoms with van der Waals surface area (Å²) in [6, 6.07) is 8.71. The van der Waals surface area contributed by atoms with Crippen LogP contribution in [0.4, 0.5) is 15.3 Å². The van der Waals surface area contributed by atoms with Gasteiger partial charge in [-0.15, -0.1) is 0 Å². The van der Waals surface area contributed by atoms with Crippen molar-refractivity contribution in [3.63, 3.8) is 0 Å². The van der Waals surface area contributed by atoms with Crippen molar-refractivity contribution in [3.8, 4) is 0 Å². The topological polar surface area (TPSA) is 83.0 Å². The maximum absolute atomic E-state index is 12.7. The average molecular weight is 370 g/mol. The number of fused-ring (bicyclic) bond motifs is 1. The van der Waals surface area contributed by atoms with Crippen LogP contribution in [-0.2, 0) is 4.74 Å². The highest BCUT2D eigenvalue weighted by Crippen LogP contribution is 2.31. The van der Waals surface area contributed by atoms with Crippen LogP contribution in [-0.4, -0.2) is 48.1 Å². The SMILES string of the molecule is O=C(/N=C1\C2CCCCC2NC(=O)N1CC1CCCO1)Nc1ccccc1. The Morgan fingerprint density at radius 1 is 1.19 bits per heavy atom. The molecule has 0 bridgehead atoms. The van der Waals surface area contributed by atoms with Crippen molar-refractivity contribution in [3.05, 3.63) is 30.3 Å². The summed E-state index contributed by atoms with van der Waals surface area (Å²) in [6.07, 6.45) is 6.00. The van der Waals surface area contributed by atoms with E-state index in [-0.39, 0.29) is 24.1 Å². The van der Waals surface area contributed by atoms with E-state index in [9.17, 15) is 9.59 Å². The second-order valence-corrected chi connectivity index (χ2v) is 7.46. The lowest BCUT2D eigenvalue weighted by Crippen LogP contribution is -2.62. The van der Waals surface area contributed by atoms with Crippen molar-refractivity contribution >= 4 is 23.6 Å². The van der Waals surface area contributed by atoms with Crippen molar-refractivity contribution in [1.29, 1.82) is 0 Å². The number of anilines is 1. The van der Waals surface area contributed by atoms with Gasteiger partial charge < -0.3 is 15.4 Å². The fourth-order valence-corrected chi connectivity index (χ4v) is 4.24. The van der Waals surface area contributed by atoms with Crippen LogP contribution >= 0.6 is 0 Å². The Morgan fingerprint density at radius 2 is 2.00 bits per heavy atom. The molecule has 27 heavy (non-hydrogen) atoms. The van der Waals surface area contributed by atoms with Crippen molar-refractivity contribution in [2.45, 2.75) is 50.7 Å². The fourth-order valence-electron chi connectivity index (χ4n) is 4.24. The van der Waals surface area contributed by atoms with Crippen molar-refractivity contribution in [2.75, 3.05) is 18.5 Å². The first-order valence-corrected chi connectivity index (χ1v) is 9.85. The molecule has 2 saturated heterocycles. The summed E-state index contributed by atoms with van der Waals surface area (Å²) in [6.45, 7) is 1.18. The van der Waals surface area contributed by atoms with Crippen LogP contribution in [0.15, 0.2) is 35.3 Å². The molecule has 1 aromatic carbocycles. The third-order valence-corrected chi connectivity index (χ3v) is 5.58. The average Bonchev–Trinajstić information content (AvgIpc) is 3.18. The molecule has 1 saturated carbocycles. The molecular formula is C20H26N4O3. The largest absolute Gasteiger partial charge is 0.376 e. The lowest BCUT2D eigenvalue weighted by atomic mass is 9.82. The first kappa shape index (κ1) is 18.0. The Hall–Kier alpha value is -2.41. The van der Waals surface area contributed by atoms with E-state index < -0.39 is 6.03 Å². The minimum Gasteiger partial charge on any atom is -0.376 e. The van der Waals surface area contributed by atoms with E-state index in [2.05, 4.69) is 15.6 Å². The molecule has 7 heteroatoms. The van der Waals surface area contributed by atoms with Crippen LogP contribution in [0.25, 0.3) is 0 Å². The van der Waals surface area contributed by atoms with Crippen LogP contribution in [0.3, 0.4) is 0 Å². The second-order valence-electron chi connectivity index (χ2n) is 7.46. The molecule has 3 unspecified atom stereocenters. The highest BCUT2D eigenvalue weighted by atomic mass is 16.5. The number of amidine groups is 1. The van der Waals surface area contributed by atoms with E-state index in [0.717, 1.165) is 45.1 Å². The molecule has 4 rings (SSSR count). The van der Waals surface area contributed by atoms with Gasteiger partial charge in [0.05, 0.1) is 12.6 Å². The number of nitrogens with zero attached hydrogens (tertiary/aromatic N) is 2. The van der Waals surface area contributed by atoms with Gasteiger partial charge in [0.2, 0.25) is 0 Å². The van der Waals surface area contributed by atoms with Gasteiger partial charge >= 0.3 is 12.1 Å². The monoisotopic (exact) mass is 370 g/mol. The van der Waals surface area contributed by atoms with E-state index in [1.807, 2.05) is 30.3 Å². The zero-order valence-electron chi connectivity index (χ0n) is 15.4. The van der Waals surface area contributed by atoms with Gasteiger partial charge in [-0.1, -0.05) is 31.0 Å². The maximum Gasteiger partial charge on any atom is 0.347 e. The number of amides is 4. The molecule has 3 aliphatic rings. The minimum absolute atomic E-state index is 0.0123. The first-order chi connectivity index (χ1) is 13.2. The molecule has 2 N–H and O–H groups in total. The number of hydrogen-bond acceptors (Lipinski definition) is 3. The smallest absolute Gasteiger partial charge is 0.347 e. The number of carbonyl (C=O) groups is 2. The zero-order chi connectivity index (χ0) is 18.6. The molecule has 3 fully saturated rings. The van der Waals surface area contributed by atoms with Gasteiger partial charge in [-0.25, -0.2) is 9.59 Å². The van der Waals surface area contributed by atoms with Crippen molar-refractivity contribution in [2.24, 2.45) is 10.9 Å². The first-order valence-electron chi connectivity index (χ1n) is 9.85. The van der Waals surface area contributed by atoms with Gasteiger partial charge in [0.25, 0.3) is 0 Å². The Kier molecular flexibility index (Phi) is 5.38. The molecule has 0 aromatic heterocycles. The molecule has 144 valence electrons. The Morgan fingerprint density at radius 3 is 2.78 bits per heavy atom. The van der Waals surface area contributed by atoms with Crippen LogP contribution < -0.4 is 10.6 Å². The zero-order valence-corrected chi connectivity index (χ0v) is 15.4. The number of para-hydroxylation sites is 1. The minimum atomic E-state index is -0.437. The summed E-state index contributed by atoms with van der Waals surface area (Å²) >= 11 is 0. The summed E-state index contributed by atoms with van der Waals surface area (Å²) < 4.78 is 5.71. The Bertz CT molecular complexity index is 715. The predicted octanol–water partition coefficient (Wildman–Crippen LogP) is 3.38. The predicted molar refractivity (Wildman–Crippen MR) is 103 cm³/mol. The molecule has 0 spiro atoms. The number of carbonyl (C=O) groups excluding carboxylic acids is 2. The second kappa shape index (κ2) is 8.08.